The number of amides is 1. The zero-order valence-corrected chi connectivity index (χ0v) is 16.8. The third-order valence-electron chi connectivity index (χ3n) is 4.59. The average molecular weight is 409 g/mol. The average Bonchev–Trinajstić information content (AvgIpc) is 2.79. The fourth-order valence-corrected chi connectivity index (χ4v) is 5.86. The van der Waals surface area contributed by atoms with E-state index < -0.39 is 31.9 Å². The van der Waals surface area contributed by atoms with Crippen molar-refractivity contribution in [3.8, 4) is 0 Å². The first kappa shape index (κ1) is 19.4. The summed E-state index contributed by atoms with van der Waals surface area (Å²) < 4.78 is 52.8. The second kappa shape index (κ2) is 6.65. The Labute approximate surface area is 159 Å². The van der Waals surface area contributed by atoms with Gasteiger partial charge >= 0.3 is 0 Å². The third-order valence-corrected chi connectivity index (χ3v) is 7.84. The lowest BCUT2D eigenvalue weighted by Gasteiger charge is -2.16. The number of nitrogens with zero attached hydrogens (tertiary/aromatic N) is 1. The number of rotatable bonds is 4. The van der Waals surface area contributed by atoms with E-state index in [-0.39, 0.29) is 16.3 Å². The van der Waals surface area contributed by atoms with Crippen LogP contribution in [0.15, 0.2) is 47.4 Å². The summed E-state index contributed by atoms with van der Waals surface area (Å²) in [5.74, 6) is -1.39. The fourth-order valence-electron chi connectivity index (χ4n) is 2.91. The van der Waals surface area contributed by atoms with Crippen molar-refractivity contribution in [1.29, 1.82) is 0 Å². The lowest BCUT2D eigenvalue weighted by Crippen LogP contribution is -2.30. The maximum Gasteiger partial charge on any atom is 0.261 e. The Kier molecular flexibility index (Phi) is 4.77. The highest BCUT2D eigenvalue weighted by atomic mass is 32.2. The van der Waals surface area contributed by atoms with Gasteiger partial charge in [0.25, 0.3) is 10.0 Å². The van der Waals surface area contributed by atoms with Crippen LogP contribution in [0.5, 0.6) is 0 Å². The first-order valence-corrected chi connectivity index (χ1v) is 11.4. The van der Waals surface area contributed by atoms with E-state index in [9.17, 15) is 21.6 Å². The largest absolute Gasteiger partial charge is 0.279 e. The molecule has 144 valence electrons. The molecule has 1 fully saturated rings. The van der Waals surface area contributed by atoms with E-state index in [4.69, 9.17) is 0 Å². The van der Waals surface area contributed by atoms with Gasteiger partial charge in [0.15, 0.2) is 0 Å². The first-order valence-electron chi connectivity index (χ1n) is 8.29. The van der Waals surface area contributed by atoms with E-state index >= 15 is 0 Å². The zero-order chi connectivity index (χ0) is 20.0. The minimum Gasteiger partial charge on any atom is -0.279 e. The Morgan fingerprint density at radius 1 is 1.07 bits per heavy atom. The number of sulfonamides is 2. The Bertz CT molecular complexity index is 1110. The van der Waals surface area contributed by atoms with E-state index in [0.717, 1.165) is 15.4 Å². The summed E-state index contributed by atoms with van der Waals surface area (Å²) in [7, 11) is -7.58. The van der Waals surface area contributed by atoms with E-state index in [1.807, 2.05) is 19.9 Å². The summed E-state index contributed by atoms with van der Waals surface area (Å²) in [5, 5.41) is 0. The summed E-state index contributed by atoms with van der Waals surface area (Å²) in [4.78, 5) is 12.1. The minimum absolute atomic E-state index is 0.0238. The molecule has 1 aliphatic rings. The van der Waals surface area contributed by atoms with Crippen LogP contribution in [0.2, 0.25) is 0 Å². The molecule has 9 heteroatoms. The molecule has 1 amide bonds. The Morgan fingerprint density at radius 3 is 2.26 bits per heavy atom. The first-order chi connectivity index (χ1) is 12.5. The molecule has 0 spiro atoms. The topological polar surface area (TPSA) is 101 Å². The van der Waals surface area contributed by atoms with Gasteiger partial charge in [0, 0.05) is 0 Å². The van der Waals surface area contributed by atoms with Gasteiger partial charge in [-0.3, -0.25) is 9.52 Å². The molecule has 0 bridgehead atoms. The third kappa shape index (κ3) is 3.57. The van der Waals surface area contributed by atoms with Crippen LogP contribution in [0.25, 0.3) is 0 Å². The lowest BCUT2D eigenvalue weighted by molar-refractivity contribution is -0.119. The van der Waals surface area contributed by atoms with Crippen LogP contribution in [-0.2, 0) is 24.8 Å². The molecular formula is C18H20N2O5S2. The highest BCUT2D eigenvalue weighted by Gasteiger charge is 2.41. The lowest BCUT2D eigenvalue weighted by atomic mass is 10.1. The molecule has 1 N–H and O–H groups in total. The zero-order valence-electron chi connectivity index (χ0n) is 15.1. The number of hydrogen-bond acceptors (Lipinski definition) is 5. The Morgan fingerprint density at radius 2 is 1.70 bits per heavy atom. The van der Waals surface area contributed by atoms with Gasteiger partial charge in [0.2, 0.25) is 15.9 Å². The van der Waals surface area contributed by atoms with Crippen molar-refractivity contribution < 1.29 is 21.6 Å². The fraction of sp³-hybridized carbons (Fsp3) is 0.278. The van der Waals surface area contributed by atoms with Gasteiger partial charge in [-0.15, -0.1) is 0 Å². The van der Waals surface area contributed by atoms with Crippen LogP contribution in [0.4, 0.5) is 11.4 Å². The normalized spacial score (nSPS) is 19.3. The molecule has 0 radical (unpaired) electrons. The molecule has 1 aliphatic heterocycles. The van der Waals surface area contributed by atoms with Crippen molar-refractivity contribution >= 4 is 37.3 Å². The number of nitrogens with one attached hydrogen (secondary N) is 1. The molecule has 3 rings (SSSR count). The van der Waals surface area contributed by atoms with Crippen molar-refractivity contribution in [3.63, 3.8) is 0 Å². The molecule has 0 saturated carbocycles. The molecular weight excluding hydrogens is 388 g/mol. The van der Waals surface area contributed by atoms with E-state index in [2.05, 4.69) is 4.72 Å². The molecule has 1 saturated heterocycles. The summed E-state index contributed by atoms with van der Waals surface area (Å²) in [6, 6.07) is 10.5. The summed E-state index contributed by atoms with van der Waals surface area (Å²) in [6.45, 7) is 5.25. The molecule has 0 aromatic heterocycles. The number of carbonyl (C=O) groups is 1. The van der Waals surface area contributed by atoms with Crippen LogP contribution in [0, 0.1) is 19.8 Å². The summed E-state index contributed by atoms with van der Waals surface area (Å²) >= 11 is 0. The molecule has 1 heterocycles. The number of aryl methyl sites for hydroxylation is 1. The Hall–Kier alpha value is -2.39. The van der Waals surface area contributed by atoms with Gasteiger partial charge < -0.3 is 0 Å². The molecule has 7 nitrogen and oxygen atoms in total. The summed E-state index contributed by atoms with van der Waals surface area (Å²) in [5.41, 5.74) is 2.39. The van der Waals surface area contributed by atoms with Gasteiger partial charge in [0.1, 0.15) is 0 Å². The van der Waals surface area contributed by atoms with E-state index in [1.165, 1.54) is 24.3 Å². The van der Waals surface area contributed by atoms with Crippen LogP contribution in [-0.4, -0.2) is 28.5 Å². The standard InChI is InChI=1S/C18H20N2O5S2/c1-12-5-4-6-17(14(12)3)19-27(24,25)16-9-7-15(8-10-16)20-18(21)13(2)11-26(20,22)23/h4-10,13,19H,11H2,1-3H3/t13-/m1/s1. The maximum atomic E-state index is 12.6. The van der Waals surface area contributed by atoms with Gasteiger partial charge in [-0.2, -0.15) is 0 Å². The Balaban J connectivity index is 1.91. The molecule has 27 heavy (non-hydrogen) atoms. The number of hydrogen-bond donors (Lipinski definition) is 1. The predicted molar refractivity (Wildman–Crippen MR) is 104 cm³/mol. The predicted octanol–water partition coefficient (Wildman–Crippen LogP) is 2.42. The quantitative estimate of drug-likeness (QED) is 0.837. The smallest absolute Gasteiger partial charge is 0.261 e. The highest BCUT2D eigenvalue weighted by Crippen LogP contribution is 2.29. The van der Waals surface area contributed by atoms with Crippen molar-refractivity contribution in [1.82, 2.24) is 0 Å². The summed E-state index contributed by atoms with van der Waals surface area (Å²) in [6.07, 6.45) is 0. The SMILES string of the molecule is Cc1cccc(NS(=O)(=O)c2ccc(N3C(=O)[C@H](C)CS3(=O)=O)cc2)c1C. The van der Waals surface area contributed by atoms with Crippen molar-refractivity contribution in [2.24, 2.45) is 5.92 Å². The molecule has 0 unspecified atom stereocenters. The van der Waals surface area contributed by atoms with Crippen molar-refractivity contribution in [2.75, 3.05) is 14.8 Å². The van der Waals surface area contributed by atoms with Gasteiger partial charge in [-0.1, -0.05) is 19.1 Å². The van der Waals surface area contributed by atoms with Crippen LogP contribution in [0.3, 0.4) is 0 Å². The molecule has 2 aromatic carbocycles. The van der Waals surface area contributed by atoms with E-state index in [1.54, 1.807) is 19.1 Å². The van der Waals surface area contributed by atoms with Gasteiger partial charge in [0.05, 0.1) is 27.9 Å². The number of benzene rings is 2. The molecule has 0 aliphatic carbocycles. The van der Waals surface area contributed by atoms with E-state index in [0.29, 0.717) is 5.69 Å². The molecule has 1 atom stereocenters. The minimum atomic E-state index is -3.85. The number of anilines is 2. The van der Waals surface area contributed by atoms with Crippen LogP contribution in [0.1, 0.15) is 18.1 Å². The second-order valence-electron chi connectivity index (χ2n) is 6.63. The van der Waals surface area contributed by atoms with Gasteiger partial charge in [-0.25, -0.2) is 21.1 Å². The number of carbonyl (C=O) groups excluding carboxylic acids is 1. The van der Waals surface area contributed by atoms with Crippen LogP contribution < -0.4 is 9.03 Å². The second-order valence-corrected chi connectivity index (χ2v) is 10.2. The van der Waals surface area contributed by atoms with Crippen molar-refractivity contribution in [3.05, 3.63) is 53.6 Å². The monoisotopic (exact) mass is 408 g/mol. The van der Waals surface area contributed by atoms with Crippen LogP contribution >= 0.6 is 0 Å². The van der Waals surface area contributed by atoms with Crippen molar-refractivity contribution in [2.45, 2.75) is 25.7 Å². The van der Waals surface area contributed by atoms with Gasteiger partial charge in [-0.05, 0) is 55.3 Å². The molecule has 2 aromatic rings. The maximum absolute atomic E-state index is 12.6. The highest BCUT2D eigenvalue weighted by molar-refractivity contribution is 7.94.